The summed E-state index contributed by atoms with van der Waals surface area (Å²) in [5, 5.41) is 2.13. The first kappa shape index (κ1) is 7.28. The number of hydrogen-bond acceptors (Lipinski definition) is 2. The fraction of sp³-hybridized carbons (Fsp3) is 0.333. The Hall–Kier alpha value is -0.830. The van der Waals surface area contributed by atoms with Crippen molar-refractivity contribution in [2.45, 2.75) is 6.42 Å². The van der Waals surface area contributed by atoms with Crippen molar-refractivity contribution < 1.29 is 9.59 Å². The zero-order valence-corrected chi connectivity index (χ0v) is 5.94. The first-order chi connectivity index (χ1) is 4.72. The van der Waals surface area contributed by atoms with Gasteiger partial charge in [0.2, 0.25) is 5.91 Å². The van der Waals surface area contributed by atoms with Crippen molar-refractivity contribution >= 4 is 23.4 Å². The van der Waals surface area contributed by atoms with E-state index in [2.05, 4.69) is 5.32 Å². The van der Waals surface area contributed by atoms with Gasteiger partial charge in [0.1, 0.15) is 0 Å². The SMILES string of the molecule is O=C1C=C(CCl)CC(=O)N1. The topological polar surface area (TPSA) is 46.2 Å². The van der Waals surface area contributed by atoms with Gasteiger partial charge in [-0.3, -0.25) is 14.9 Å². The van der Waals surface area contributed by atoms with Gasteiger partial charge in [-0.05, 0) is 5.57 Å². The van der Waals surface area contributed by atoms with Gasteiger partial charge in [0.15, 0.2) is 0 Å². The van der Waals surface area contributed by atoms with Gasteiger partial charge in [-0.2, -0.15) is 0 Å². The van der Waals surface area contributed by atoms with Crippen LogP contribution in [0.25, 0.3) is 0 Å². The highest BCUT2D eigenvalue weighted by molar-refractivity contribution is 6.20. The molecular weight excluding hydrogens is 154 g/mol. The van der Waals surface area contributed by atoms with E-state index in [9.17, 15) is 9.59 Å². The molecule has 0 atom stereocenters. The Morgan fingerprint density at radius 3 is 2.80 bits per heavy atom. The van der Waals surface area contributed by atoms with E-state index in [1.54, 1.807) is 0 Å². The van der Waals surface area contributed by atoms with Crippen molar-refractivity contribution in [1.82, 2.24) is 5.32 Å². The van der Waals surface area contributed by atoms with E-state index in [-0.39, 0.29) is 24.1 Å². The highest BCUT2D eigenvalue weighted by Crippen LogP contribution is 2.06. The van der Waals surface area contributed by atoms with Crippen LogP contribution in [-0.2, 0) is 9.59 Å². The van der Waals surface area contributed by atoms with Crippen LogP contribution in [0.1, 0.15) is 6.42 Å². The summed E-state index contributed by atoms with van der Waals surface area (Å²) in [4.78, 5) is 21.2. The third kappa shape index (κ3) is 1.57. The van der Waals surface area contributed by atoms with Crippen LogP contribution in [-0.4, -0.2) is 17.7 Å². The van der Waals surface area contributed by atoms with Crippen molar-refractivity contribution in [1.29, 1.82) is 0 Å². The van der Waals surface area contributed by atoms with Crippen LogP contribution in [0, 0.1) is 0 Å². The molecule has 0 unspecified atom stereocenters. The van der Waals surface area contributed by atoms with Crippen molar-refractivity contribution in [2.75, 3.05) is 5.88 Å². The summed E-state index contributed by atoms with van der Waals surface area (Å²) >= 11 is 5.41. The summed E-state index contributed by atoms with van der Waals surface area (Å²) in [5.74, 6) is -0.394. The Balaban J connectivity index is 2.74. The largest absolute Gasteiger partial charge is 0.293 e. The second-order valence-electron chi connectivity index (χ2n) is 2.03. The number of hydrogen-bond donors (Lipinski definition) is 1. The number of rotatable bonds is 1. The zero-order chi connectivity index (χ0) is 7.56. The molecule has 1 aliphatic heterocycles. The quantitative estimate of drug-likeness (QED) is 0.439. The molecule has 0 fully saturated rings. The number of imide groups is 1. The smallest absolute Gasteiger partial charge is 0.250 e. The van der Waals surface area contributed by atoms with Gasteiger partial charge in [0, 0.05) is 18.4 Å². The highest BCUT2D eigenvalue weighted by Gasteiger charge is 2.14. The summed E-state index contributed by atoms with van der Waals surface area (Å²) < 4.78 is 0. The van der Waals surface area contributed by atoms with Crippen LogP contribution in [0.3, 0.4) is 0 Å². The molecule has 0 spiro atoms. The molecule has 0 saturated heterocycles. The number of amides is 2. The number of nitrogens with one attached hydrogen (secondary N) is 1. The molecule has 4 heteroatoms. The minimum absolute atomic E-state index is 0.245. The lowest BCUT2D eigenvalue weighted by molar-refractivity contribution is -0.128. The summed E-state index contributed by atoms with van der Waals surface area (Å²) in [6.07, 6.45) is 1.60. The molecule has 0 aliphatic carbocycles. The zero-order valence-electron chi connectivity index (χ0n) is 5.19. The van der Waals surface area contributed by atoms with Crippen LogP contribution >= 0.6 is 11.6 Å². The Bertz CT molecular complexity index is 210. The first-order valence-electron chi connectivity index (χ1n) is 2.81. The van der Waals surface area contributed by atoms with E-state index in [0.717, 1.165) is 0 Å². The molecule has 0 aromatic heterocycles. The van der Waals surface area contributed by atoms with E-state index in [4.69, 9.17) is 11.6 Å². The van der Waals surface area contributed by atoms with Crippen molar-refractivity contribution in [3.63, 3.8) is 0 Å². The summed E-state index contributed by atoms with van der Waals surface area (Å²) in [6.45, 7) is 0. The standard InChI is InChI=1S/C6H6ClNO2/c7-3-4-1-5(9)8-6(10)2-4/h1H,2-3H2,(H,8,9,10). The monoisotopic (exact) mass is 159 g/mol. The van der Waals surface area contributed by atoms with Crippen LogP contribution in [0.4, 0.5) is 0 Å². The maximum Gasteiger partial charge on any atom is 0.250 e. The molecule has 10 heavy (non-hydrogen) atoms. The molecular formula is C6H6ClNO2. The maximum absolute atomic E-state index is 10.6. The van der Waals surface area contributed by atoms with Crippen LogP contribution in [0.5, 0.6) is 0 Å². The first-order valence-corrected chi connectivity index (χ1v) is 3.35. The normalized spacial score (nSPS) is 18.3. The molecule has 1 aliphatic rings. The number of halogens is 1. The van der Waals surface area contributed by atoms with Gasteiger partial charge < -0.3 is 0 Å². The average Bonchev–Trinajstić information content (AvgIpc) is 1.85. The molecule has 1 rings (SSSR count). The molecule has 2 amide bonds. The molecule has 1 N–H and O–H groups in total. The molecule has 0 aromatic rings. The van der Waals surface area contributed by atoms with Gasteiger partial charge in [0.05, 0.1) is 0 Å². The molecule has 0 saturated carbocycles. The molecule has 0 radical (unpaired) electrons. The minimum atomic E-state index is -0.369. The Morgan fingerprint density at radius 1 is 1.60 bits per heavy atom. The fourth-order valence-corrected chi connectivity index (χ4v) is 0.918. The average molecular weight is 160 g/mol. The van der Waals surface area contributed by atoms with Crippen LogP contribution < -0.4 is 5.32 Å². The molecule has 1 heterocycles. The lowest BCUT2D eigenvalue weighted by Gasteiger charge is -2.08. The number of alkyl halides is 1. The van der Waals surface area contributed by atoms with E-state index in [1.165, 1.54) is 6.08 Å². The maximum atomic E-state index is 10.6. The van der Waals surface area contributed by atoms with Crippen molar-refractivity contribution in [2.24, 2.45) is 0 Å². The number of carbonyl (C=O) groups excluding carboxylic acids is 2. The lowest BCUT2D eigenvalue weighted by Crippen LogP contribution is -2.33. The Morgan fingerprint density at radius 2 is 2.30 bits per heavy atom. The van der Waals surface area contributed by atoms with Gasteiger partial charge in [-0.25, -0.2) is 0 Å². The number of carbonyl (C=O) groups is 2. The molecule has 0 aromatic carbocycles. The lowest BCUT2D eigenvalue weighted by atomic mass is 10.1. The van der Waals surface area contributed by atoms with Crippen molar-refractivity contribution in [3.8, 4) is 0 Å². The van der Waals surface area contributed by atoms with Gasteiger partial charge in [0.25, 0.3) is 5.91 Å². The van der Waals surface area contributed by atoms with Gasteiger partial charge in [-0.1, -0.05) is 0 Å². The minimum Gasteiger partial charge on any atom is -0.293 e. The third-order valence-electron chi connectivity index (χ3n) is 1.16. The van der Waals surface area contributed by atoms with E-state index in [1.807, 2.05) is 0 Å². The second kappa shape index (κ2) is 2.84. The second-order valence-corrected chi connectivity index (χ2v) is 2.29. The summed E-state index contributed by atoms with van der Waals surface area (Å²) in [7, 11) is 0. The van der Waals surface area contributed by atoms with Crippen molar-refractivity contribution in [3.05, 3.63) is 11.6 Å². The fourth-order valence-electron chi connectivity index (χ4n) is 0.746. The Kier molecular flexibility index (Phi) is 2.06. The Labute approximate surface area is 63.0 Å². The molecule has 0 bridgehead atoms. The predicted molar refractivity (Wildman–Crippen MR) is 36.6 cm³/mol. The third-order valence-corrected chi connectivity index (χ3v) is 1.50. The van der Waals surface area contributed by atoms with E-state index in [0.29, 0.717) is 5.57 Å². The van der Waals surface area contributed by atoms with E-state index >= 15 is 0 Å². The van der Waals surface area contributed by atoms with Gasteiger partial charge >= 0.3 is 0 Å². The van der Waals surface area contributed by atoms with Crippen LogP contribution in [0.2, 0.25) is 0 Å². The summed E-state index contributed by atoms with van der Waals surface area (Å²) in [6, 6.07) is 0. The van der Waals surface area contributed by atoms with Crippen LogP contribution in [0.15, 0.2) is 11.6 Å². The molecule has 3 nitrogen and oxygen atoms in total. The summed E-state index contributed by atoms with van der Waals surface area (Å²) in [5.41, 5.74) is 0.676. The molecule has 54 valence electrons. The predicted octanol–water partition coefficient (Wildman–Crippen LogP) is 0.198. The van der Waals surface area contributed by atoms with E-state index < -0.39 is 0 Å². The highest BCUT2D eigenvalue weighted by atomic mass is 35.5. The van der Waals surface area contributed by atoms with Gasteiger partial charge in [-0.15, -0.1) is 11.6 Å².